The zero-order valence-electron chi connectivity index (χ0n) is 4.14. The van der Waals surface area contributed by atoms with Gasteiger partial charge < -0.3 is 9.84 Å². The van der Waals surface area contributed by atoms with Gasteiger partial charge in [0, 0.05) is 7.11 Å². The summed E-state index contributed by atoms with van der Waals surface area (Å²) in [4.78, 5) is 0. The number of methoxy groups -OCH3 is 1. The molecule has 1 unspecified atom stereocenters. The van der Waals surface area contributed by atoms with Crippen LogP contribution in [0.4, 0.5) is 0 Å². The Morgan fingerprint density at radius 3 is 2.14 bits per heavy atom. The maximum Gasteiger partial charge on any atom is 0.0745 e. The van der Waals surface area contributed by atoms with Crippen LogP contribution in [0, 0.1) is 0 Å². The molecule has 1 atom stereocenters. The summed E-state index contributed by atoms with van der Waals surface area (Å²) in [5.74, 6) is 0. The van der Waals surface area contributed by atoms with E-state index < -0.39 is 0 Å². The van der Waals surface area contributed by atoms with E-state index in [2.05, 4.69) is 4.74 Å². The van der Waals surface area contributed by atoms with Crippen LogP contribution >= 0.6 is 0 Å². The third-order valence-corrected chi connectivity index (χ3v) is 0.408. The molecule has 3 heteroatoms. The second-order valence-corrected chi connectivity index (χ2v) is 1.30. The third-order valence-electron chi connectivity index (χ3n) is 0.408. The summed E-state index contributed by atoms with van der Waals surface area (Å²) < 4.78 is 4.55. The van der Waals surface area contributed by atoms with Crippen LogP contribution in [-0.4, -0.2) is 35.9 Å². The second kappa shape index (κ2) is 6.14. The Balaban J connectivity index is 0. The molecule has 0 bridgehead atoms. The molecule has 0 aliphatic heterocycles. The molecule has 0 heterocycles. The molecule has 0 aromatic heterocycles. The van der Waals surface area contributed by atoms with E-state index in [1.807, 2.05) is 0 Å². The average Bonchev–Trinajstić information content (AvgIpc) is 1.35. The van der Waals surface area contributed by atoms with Crippen molar-refractivity contribution in [1.82, 2.24) is 0 Å². The molecule has 0 saturated carbocycles. The molecule has 0 aromatic carbocycles. The predicted molar refractivity (Wildman–Crippen MR) is 34.9 cm³/mol. The molecule has 0 aromatic rings. The van der Waals surface area contributed by atoms with E-state index in [-0.39, 0.29) is 17.1 Å². The molecule has 0 fully saturated rings. The van der Waals surface area contributed by atoms with Gasteiger partial charge in [-0.2, -0.15) is 0 Å². The number of ether oxygens (including phenoxy) is 1. The van der Waals surface area contributed by atoms with Gasteiger partial charge in [-0.15, -0.1) is 0 Å². The summed E-state index contributed by atoms with van der Waals surface area (Å²) in [6.45, 7) is 2.11. The summed E-state index contributed by atoms with van der Waals surface area (Å²) in [6, 6.07) is 0. The summed E-state index contributed by atoms with van der Waals surface area (Å²) in [5.41, 5.74) is 0. The average molecular weight is 122 g/mol. The molecule has 7 heavy (non-hydrogen) atoms. The minimum absolute atomic E-state index is 0. The molecule has 46 valence electrons. The smallest absolute Gasteiger partial charge is 0.0745 e. The van der Waals surface area contributed by atoms with Crippen molar-refractivity contribution < 1.29 is 9.84 Å². The quantitative estimate of drug-likeness (QED) is 0.455. The molecule has 0 spiro atoms. The number of hydrogen-bond acceptors (Lipinski definition) is 2. The van der Waals surface area contributed by atoms with Crippen molar-refractivity contribution in [1.29, 1.82) is 0 Å². The standard InChI is InChI=1S/C4H10O2.H4Si/c1-4(5)3-6-2;/h4-5H,3H2,1-2H3;1H4. The topological polar surface area (TPSA) is 29.5 Å². The number of aliphatic hydroxyl groups excluding tert-OH is 1. The summed E-state index contributed by atoms with van der Waals surface area (Å²) >= 11 is 0. The van der Waals surface area contributed by atoms with Gasteiger partial charge in [0.05, 0.1) is 12.7 Å². The Kier molecular flexibility index (Phi) is 8.93. The first kappa shape index (κ1) is 10.2. The van der Waals surface area contributed by atoms with Crippen molar-refractivity contribution in [3.05, 3.63) is 0 Å². The Morgan fingerprint density at radius 2 is 2.14 bits per heavy atom. The lowest BCUT2D eigenvalue weighted by Gasteiger charge is -1.97. The van der Waals surface area contributed by atoms with E-state index in [1.54, 1.807) is 14.0 Å². The fourth-order valence-corrected chi connectivity index (χ4v) is 0.241. The van der Waals surface area contributed by atoms with Gasteiger partial charge in [0.2, 0.25) is 0 Å². The van der Waals surface area contributed by atoms with E-state index in [1.165, 1.54) is 0 Å². The Morgan fingerprint density at radius 1 is 1.71 bits per heavy atom. The lowest BCUT2D eigenvalue weighted by atomic mass is 10.5. The monoisotopic (exact) mass is 122 g/mol. The largest absolute Gasteiger partial charge is 0.391 e. The second-order valence-electron chi connectivity index (χ2n) is 1.30. The molecule has 0 aliphatic carbocycles. The maximum absolute atomic E-state index is 8.43. The van der Waals surface area contributed by atoms with Gasteiger partial charge >= 0.3 is 0 Å². The van der Waals surface area contributed by atoms with Crippen LogP contribution in [0.3, 0.4) is 0 Å². The molecule has 0 radical (unpaired) electrons. The van der Waals surface area contributed by atoms with Crippen molar-refractivity contribution in [3.8, 4) is 0 Å². The lowest BCUT2D eigenvalue weighted by Crippen LogP contribution is -2.07. The van der Waals surface area contributed by atoms with Crippen molar-refractivity contribution in [2.45, 2.75) is 13.0 Å². The van der Waals surface area contributed by atoms with Crippen molar-refractivity contribution >= 4 is 11.0 Å². The Hall–Kier alpha value is 0.137. The highest BCUT2D eigenvalue weighted by Gasteiger charge is 1.87. The van der Waals surface area contributed by atoms with Crippen molar-refractivity contribution in [2.75, 3.05) is 13.7 Å². The first-order chi connectivity index (χ1) is 2.77. The zero-order chi connectivity index (χ0) is 4.99. The molecule has 0 aliphatic rings. The first-order valence-electron chi connectivity index (χ1n) is 1.94. The Labute approximate surface area is 48.5 Å². The predicted octanol–water partition coefficient (Wildman–Crippen LogP) is -1.44. The van der Waals surface area contributed by atoms with Gasteiger partial charge in [0.25, 0.3) is 0 Å². The number of hydrogen-bond donors (Lipinski definition) is 1. The van der Waals surface area contributed by atoms with Crippen LogP contribution in [0.15, 0.2) is 0 Å². The molecule has 0 rings (SSSR count). The van der Waals surface area contributed by atoms with Gasteiger partial charge in [-0.05, 0) is 17.9 Å². The highest BCUT2D eigenvalue weighted by molar-refractivity contribution is 5.75. The van der Waals surface area contributed by atoms with Crippen molar-refractivity contribution in [2.24, 2.45) is 0 Å². The van der Waals surface area contributed by atoms with E-state index in [4.69, 9.17) is 5.11 Å². The molecule has 1 N–H and O–H groups in total. The summed E-state index contributed by atoms with van der Waals surface area (Å²) in [6.07, 6.45) is -0.324. The third kappa shape index (κ3) is 10.7. The lowest BCUT2D eigenvalue weighted by molar-refractivity contribution is 0.0765. The minimum atomic E-state index is -0.324. The van der Waals surface area contributed by atoms with Crippen LogP contribution in [0.25, 0.3) is 0 Å². The number of rotatable bonds is 2. The molecular formula is C4H14O2Si. The van der Waals surface area contributed by atoms with E-state index in [0.29, 0.717) is 6.61 Å². The normalized spacial score (nSPS) is 12.4. The van der Waals surface area contributed by atoms with E-state index in [0.717, 1.165) is 0 Å². The molecule has 0 amide bonds. The van der Waals surface area contributed by atoms with Crippen LogP contribution in [0.2, 0.25) is 0 Å². The fraction of sp³-hybridized carbons (Fsp3) is 1.00. The van der Waals surface area contributed by atoms with Crippen LogP contribution < -0.4 is 0 Å². The highest BCUT2D eigenvalue weighted by atomic mass is 28.1. The van der Waals surface area contributed by atoms with E-state index in [9.17, 15) is 0 Å². The SMILES string of the molecule is COCC(C)O.[SiH4]. The zero-order valence-corrected chi connectivity index (χ0v) is 4.14. The van der Waals surface area contributed by atoms with Gasteiger partial charge in [0.15, 0.2) is 0 Å². The first-order valence-corrected chi connectivity index (χ1v) is 1.94. The molecule has 2 nitrogen and oxygen atoms in total. The van der Waals surface area contributed by atoms with Gasteiger partial charge in [-0.25, -0.2) is 0 Å². The fourth-order valence-electron chi connectivity index (χ4n) is 0.241. The molecular weight excluding hydrogens is 108 g/mol. The summed E-state index contributed by atoms with van der Waals surface area (Å²) in [7, 11) is 1.56. The Bertz CT molecular complexity index is 30.9. The maximum atomic E-state index is 8.43. The van der Waals surface area contributed by atoms with Crippen LogP contribution in [-0.2, 0) is 4.74 Å². The van der Waals surface area contributed by atoms with E-state index >= 15 is 0 Å². The van der Waals surface area contributed by atoms with Gasteiger partial charge in [-0.3, -0.25) is 0 Å². The van der Waals surface area contributed by atoms with Gasteiger partial charge in [-0.1, -0.05) is 0 Å². The summed E-state index contributed by atoms with van der Waals surface area (Å²) in [5, 5.41) is 8.43. The van der Waals surface area contributed by atoms with Crippen molar-refractivity contribution in [3.63, 3.8) is 0 Å². The highest BCUT2D eigenvalue weighted by Crippen LogP contribution is 1.75. The van der Waals surface area contributed by atoms with Crippen LogP contribution in [0.5, 0.6) is 0 Å². The van der Waals surface area contributed by atoms with Crippen LogP contribution in [0.1, 0.15) is 6.92 Å². The molecule has 0 saturated heterocycles. The van der Waals surface area contributed by atoms with Gasteiger partial charge in [0.1, 0.15) is 0 Å². The number of aliphatic hydroxyl groups is 1. The minimum Gasteiger partial charge on any atom is -0.391 e.